The first-order valence-electron chi connectivity index (χ1n) is 4.68. The molecule has 1 aromatic carbocycles. The van der Waals surface area contributed by atoms with Gasteiger partial charge in [0.1, 0.15) is 18.6 Å². The minimum atomic E-state index is 0.544. The molecule has 0 amide bonds. The molecule has 0 aliphatic carbocycles. The maximum Gasteiger partial charge on any atom is 0.150 e. The first kappa shape index (κ1) is 11.4. The van der Waals surface area contributed by atoms with E-state index in [2.05, 4.69) is 15.9 Å². The second kappa shape index (κ2) is 5.27. The number of carbonyl (C=O) groups excluding carboxylic acids is 1. The lowest BCUT2D eigenvalue weighted by Crippen LogP contribution is -1.94. The van der Waals surface area contributed by atoms with Gasteiger partial charge in [0, 0.05) is 5.56 Å². The Labute approximate surface area is 106 Å². The third kappa shape index (κ3) is 2.71. The van der Waals surface area contributed by atoms with Crippen LogP contribution in [0.3, 0.4) is 0 Å². The van der Waals surface area contributed by atoms with Crippen LogP contribution in [0.1, 0.15) is 15.9 Å². The Morgan fingerprint density at radius 1 is 1.38 bits per heavy atom. The average Bonchev–Trinajstić information content (AvgIpc) is 2.80. The highest BCUT2D eigenvalue weighted by Crippen LogP contribution is 2.26. The molecule has 0 unspecified atom stereocenters. The third-order valence-electron chi connectivity index (χ3n) is 2.07. The molecular weight excluding hydrogens is 288 g/mol. The van der Waals surface area contributed by atoms with E-state index in [4.69, 9.17) is 4.74 Å². The van der Waals surface area contributed by atoms with Gasteiger partial charge >= 0.3 is 0 Å². The molecule has 4 heteroatoms. The predicted octanol–water partition coefficient (Wildman–Crippen LogP) is 3.90. The van der Waals surface area contributed by atoms with E-state index in [0.29, 0.717) is 12.2 Å². The highest BCUT2D eigenvalue weighted by Gasteiger charge is 2.02. The van der Waals surface area contributed by atoms with E-state index in [1.54, 1.807) is 29.5 Å². The van der Waals surface area contributed by atoms with Gasteiger partial charge in [-0.25, -0.2) is 0 Å². The number of aldehydes is 1. The van der Waals surface area contributed by atoms with E-state index in [1.807, 2.05) is 16.8 Å². The monoisotopic (exact) mass is 296 g/mol. The molecule has 0 bridgehead atoms. The number of carbonyl (C=O) groups is 1. The van der Waals surface area contributed by atoms with Crippen molar-refractivity contribution in [3.63, 3.8) is 0 Å². The minimum Gasteiger partial charge on any atom is -0.488 e. The maximum atomic E-state index is 10.6. The van der Waals surface area contributed by atoms with Crippen LogP contribution >= 0.6 is 27.3 Å². The Hall–Kier alpha value is -1.13. The van der Waals surface area contributed by atoms with Crippen LogP contribution in [0.2, 0.25) is 0 Å². The Morgan fingerprint density at radius 2 is 2.25 bits per heavy atom. The molecule has 0 fully saturated rings. The fourth-order valence-corrected chi connectivity index (χ4v) is 2.41. The number of thiophene rings is 1. The predicted molar refractivity (Wildman–Crippen MR) is 68.2 cm³/mol. The fraction of sp³-hybridized carbons (Fsp3) is 0.0833. The molecule has 16 heavy (non-hydrogen) atoms. The number of ether oxygens (including phenoxy) is 1. The van der Waals surface area contributed by atoms with Crippen molar-refractivity contribution >= 4 is 33.6 Å². The average molecular weight is 297 g/mol. The summed E-state index contributed by atoms with van der Waals surface area (Å²) in [6.45, 7) is 0.544. The molecule has 0 aliphatic heterocycles. The van der Waals surface area contributed by atoms with Crippen LogP contribution in [-0.4, -0.2) is 6.29 Å². The lowest BCUT2D eigenvalue weighted by atomic mass is 10.2. The molecule has 0 radical (unpaired) electrons. The normalized spacial score (nSPS) is 10.1. The first-order valence-corrected chi connectivity index (χ1v) is 6.42. The van der Waals surface area contributed by atoms with E-state index in [1.165, 1.54) is 0 Å². The van der Waals surface area contributed by atoms with Crippen molar-refractivity contribution in [2.24, 2.45) is 0 Å². The minimum absolute atomic E-state index is 0.544. The van der Waals surface area contributed by atoms with Gasteiger partial charge < -0.3 is 4.74 Å². The molecule has 0 saturated carbocycles. The molecule has 2 aromatic rings. The van der Waals surface area contributed by atoms with Gasteiger partial charge in [-0.15, -0.1) is 0 Å². The lowest BCUT2D eigenvalue weighted by Gasteiger charge is -2.07. The summed E-state index contributed by atoms with van der Waals surface area (Å²) in [5, 5.41) is 4.07. The van der Waals surface area contributed by atoms with Crippen molar-refractivity contribution in [3.8, 4) is 5.75 Å². The largest absolute Gasteiger partial charge is 0.488 e. The van der Waals surface area contributed by atoms with Gasteiger partial charge in [-0.2, -0.15) is 11.3 Å². The van der Waals surface area contributed by atoms with Gasteiger partial charge in [0.25, 0.3) is 0 Å². The summed E-state index contributed by atoms with van der Waals surface area (Å²) in [5.74, 6) is 0.747. The van der Waals surface area contributed by atoms with Crippen molar-refractivity contribution in [2.75, 3.05) is 0 Å². The van der Waals surface area contributed by atoms with Crippen molar-refractivity contribution in [3.05, 3.63) is 50.6 Å². The van der Waals surface area contributed by atoms with Crippen LogP contribution in [-0.2, 0) is 6.61 Å². The fourth-order valence-electron chi connectivity index (χ4n) is 1.24. The van der Waals surface area contributed by atoms with Crippen LogP contribution in [0, 0.1) is 0 Å². The zero-order valence-corrected chi connectivity index (χ0v) is 10.8. The van der Waals surface area contributed by atoms with Crippen molar-refractivity contribution in [1.29, 1.82) is 0 Å². The molecular formula is C12H9BrO2S. The second-order valence-corrected chi connectivity index (χ2v) is 4.86. The number of hydrogen-bond donors (Lipinski definition) is 0. The highest BCUT2D eigenvalue weighted by atomic mass is 79.9. The van der Waals surface area contributed by atoms with Gasteiger partial charge in [0.05, 0.1) is 4.47 Å². The molecule has 0 atom stereocenters. The van der Waals surface area contributed by atoms with Gasteiger partial charge in [0.15, 0.2) is 0 Å². The quantitative estimate of drug-likeness (QED) is 0.800. The maximum absolute atomic E-state index is 10.6. The SMILES string of the molecule is O=Cc1ccc(OCc2ccsc2)c(Br)c1. The molecule has 0 saturated heterocycles. The van der Waals surface area contributed by atoms with Crippen molar-refractivity contribution in [2.45, 2.75) is 6.61 Å². The first-order chi connectivity index (χ1) is 7.79. The van der Waals surface area contributed by atoms with E-state index in [9.17, 15) is 4.79 Å². The molecule has 0 N–H and O–H groups in total. The summed E-state index contributed by atoms with van der Waals surface area (Å²) in [6, 6.07) is 7.30. The summed E-state index contributed by atoms with van der Waals surface area (Å²) in [4.78, 5) is 10.6. The molecule has 0 aliphatic rings. The van der Waals surface area contributed by atoms with Crippen molar-refractivity contribution < 1.29 is 9.53 Å². The standard InChI is InChI=1S/C12H9BrO2S/c13-11-5-9(6-14)1-2-12(11)15-7-10-3-4-16-8-10/h1-6,8H,7H2. The molecule has 1 aromatic heterocycles. The van der Waals surface area contributed by atoms with E-state index < -0.39 is 0 Å². The number of rotatable bonds is 4. The Morgan fingerprint density at radius 3 is 2.88 bits per heavy atom. The van der Waals surface area contributed by atoms with Crippen LogP contribution in [0.4, 0.5) is 0 Å². The van der Waals surface area contributed by atoms with Crippen molar-refractivity contribution in [1.82, 2.24) is 0 Å². The zero-order chi connectivity index (χ0) is 11.4. The second-order valence-electron chi connectivity index (χ2n) is 3.23. The summed E-state index contributed by atoms with van der Waals surface area (Å²) in [7, 11) is 0. The van der Waals surface area contributed by atoms with Gasteiger partial charge in [-0.1, -0.05) is 0 Å². The smallest absolute Gasteiger partial charge is 0.150 e. The summed E-state index contributed by atoms with van der Waals surface area (Å²) in [5.41, 5.74) is 1.78. The zero-order valence-electron chi connectivity index (χ0n) is 8.35. The molecule has 2 rings (SSSR count). The van der Waals surface area contributed by atoms with E-state index in [0.717, 1.165) is 22.1 Å². The Kier molecular flexibility index (Phi) is 3.74. The summed E-state index contributed by atoms with van der Waals surface area (Å²) < 4.78 is 6.42. The summed E-state index contributed by atoms with van der Waals surface area (Å²) >= 11 is 5.02. The van der Waals surface area contributed by atoms with Gasteiger partial charge in [0.2, 0.25) is 0 Å². The highest BCUT2D eigenvalue weighted by molar-refractivity contribution is 9.10. The molecule has 2 nitrogen and oxygen atoms in total. The number of hydrogen-bond acceptors (Lipinski definition) is 3. The van der Waals surface area contributed by atoms with Crippen LogP contribution in [0.25, 0.3) is 0 Å². The van der Waals surface area contributed by atoms with Crippen LogP contribution in [0.15, 0.2) is 39.5 Å². The van der Waals surface area contributed by atoms with Gasteiger partial charge in [-0.05, 0) is 56.5 Å². The van der Waals surface area contributed by atoms with Gasteiger partial charge in [-0.3, -0.25) is 4.79 Å². The number of benzene rings is 1. The van der Waals surface area contributed by atoms with Crippen LogP contribution in [0.5, 0.6) is 5.75 Å². The molecule has 0 spiro atoms. The van der Waals surface area contributed by atoms with E-state index in [-0.39, 0.29) is 0 Å². The molecule has 82 valence electrons. The third-order valence-corrected chi connectivity index (χ3v) is 3.42. The summed E-state index contributed by atoms with van der Waals surface area (Å²) in [6.07, 6.45) is 0.813. The van der Waals surface area contributed by atoms with Crippen LogP contribution < -0.4 is 4.74 Å². The molecule has 1 heterocycles. The Balaban J connectivity index is 2.07. The lowest BCUT2D eigenvalue weighted by molar-refractivity contribution is 0.112. The van der Waals surface area contributed by atoms with E-state index >= 15 is 0 Å². The number of halogens is 1. The topological polar surface area (TPSA) is 26.3 Å². The Bertz CT molecular complexity index is 480.